The molecule has 1 aliphatic rings. The third-order valence-electron chi connectivity index (χ3n) is 6.18. The Hall–Kier alpha value is -2.59. The van der Waals surface area contributed by atoms with E-state index in [4.69, 9.17) is 23.5 Å². The molecule has 1 atom stereocenters. The maximum atomic E-state index is 13.3. The molecule has 0 bridgehead atoms. The number of benzene rings is 1. The van der Waals surface area contributed by atoms with Crippen molar-refractivity contribution < 1.29 is 37.9 Å². The Morgan fingerprint density at radius 1 is 0.919 bits per heavy atom. The Morgan fingerprint density at radius 2 is 1.38 bits per heavy atom. The Labute approximate surface area is 221 Å². The third kappa shape index (κ3) is 7.71. The van der Waals surface area contributed by atoms with Gasteiger partial charge in [-0.05, 0) is 87.2 Å². The molecule has 1 aromatic rings. The Morgan fingerprint density at radius 3 is 1.78 bits per heavy atom. The predicted octanol–water partition coefficient (Wildman–Crippen LogP) is 4.55. The normalized spacial score (nSPS) is 17.7. The molecule has 0 spiro atoms. The van der Waals surface area contributed by atoms with Crippen molar-refractivity contribution in [2.24, 2.45) is 0 Å². The number of hydrogen-bond donors (Lipinski definition) is 0. The van der Waals surface area contributed by atoms with Crippen LogP contribution in [0.25, 0.3) is 0 Å². The minimum Gasteiger partial charge on any atom is -0.467 e. The zero-order valence-electron chi connectivity index (χ0n) is 24.3. The van der Waals surface area contributed by atoms with Crippen LogP contribution in [-0.4, -0.2) is 65.7 Å². The lowest BCUT2D eigenvalue weighted by molar-refractivity contribution is -0.146. The Bertz CT molecular complexity index is 978. The first-order valence-electron chi connectivity index (χ1n) is 12.5. The van der Waals surface area contributed by atoms with Gasteiger partial charge in [0.15, 0.2) is 0 Å². The summed E-state index contributed by atoms with van der Waals surface area (Å²) in [5.74, 6) is -0.793. The molecular weight excluding hydrogens is 477 g/mol. The van der Waals surface area contributed by atoms with Crippen LogP contribution >= 0.6 is 0 Å². The monoisotopic (exact) mass is 519 g/mol. The van der Waals surface area contributed by atoms with Gasteiger partial charge in [0.2, 0.25) is 0 Å². The number of amides is 2. The van der Waals surface area contributed by atoms with Crippen LogP contribution in [0, 0.1) is 6.92 Å². The van der Waals surface area contributed by atoms with E-state index in [2.05, 4.69) is 0 Å². The highest BCUT2D eigenvalue weighted by atomic mass is 16.7. The van der Waals surface area contributed by atoms with Gasteiger partial charge in [0.25, 0.3) is 0 Å². The van der Waals surface area contributed by atoms with Gasteiger partial charge >= 0.3 is 25.3 Å². The highest BCUT2D eigenvalue weighted by Crippen LogP contribution is 2.37. The summed E-state index contributed by atoms with van der Waals surface area (Å²) in [5, 5.41) is 0. The van der Waals surface area contributed by atoms with E-state index >= 15 is 0 Å². The number of esters is 1. The second-order valence-electron chi connectivity index (χ2n) is 12.4. The number of carbonyl (C=O) groups excluding carboxylic acids is 3. The molecule has 206 valence electrons. The molecule has 0 aromatic heterocycles. The number of ether oxygens (including phenoxy) is 3. The van der Waals surface area contributed by atoms with Gasteiger partial charge in [-0.15, -0.1) is 0 Å². The largest absolute Gasteiger partial charge is 0.495 e. The topological polar surface area (TPSA) is 101 Å². The van der Waals surface area contributed by atoms with Gasteiger partial charge in [0.05, 0.1) is 18.3 Å². The molecule has 1 aromatic carbocycles. The van der Waals surface area contributed by atoms with Crippen molar-refractivity contribution >= 4 is 30.7 Å². The molecule has 0 saturated carbocycles. The second kappa shape index (κ2) is 10.7. The highest BCUT2D eigenvalue weighted by Gasteiger charge is 2.52. The number of imide groups is 1. The number of rotatable bonds is 5. The van der Waals surface area contributed by atoms with Crippen LogP contribution in [0.1, 0.15) is 80.4 Å². The van der Waals surface area contributed by atoms with E-state index in [1.807, 2.05) is 52.8 Å². The first-order valence-corrected chi connectivity index (χ1v) is 12.5. The van der Waals surface area contributed by atoms with Gasteiger partial charge in [-0.1, -0.05) is 23.8 Å². The second-order valence-corrected chi connectivity index (χ2v) is 12.4. The van der Waals surface area contributed by atoms with E-state index < -0.39 is 53.7 Å². The van der Waals surface area contributed by atoms with Crippen molar-refractivity contribution in [2.45, 2.75) is 111 Å². The molecule has 1 aliphatic heterocycles. The van der Waals surface area contributed by atoms with Crippen LogP contribution in [0.3, 0.4) is 0 Å². The van der Waals surface area contributed by atoms with Crippen LogP contribution in [0.2, 0.25) is 0 Å². The summed E-state index contributed by atoms with van der Waals surface area (Å²) >= 11 is 0. The van der Waals surface area contributed by atoms with Gasteiger partial charge in [-0.2, -0.15) is 4.90 Å². The fraction of sp³-hybridized carbons (Fsp3) is 0.667. The Kier molecular flexibility index (Phi) is 8.82. The van der Waals surface area contributed by atoms with E-state index in [1.54, 1.807) is 41.5 Å². The number of methoxy groups -OCH3 is 1. The molecule has 1 fully saturated rings. The number of carbonyl (C=O) groups is 3. The van der Waals surface area contributed by atoms with Gasteiger partial charge in [0.1, 0.15) is 17.2 Å². The first-order chi connectivity index (χ1) is 16.7. The molecule has 0 radical (unpaired) electrons. The summed E-state index contributed by atoms with van der Waals surface area (Å²) in [7, 11) is 0.485. The summed E-state index contributed by atoms with van der Waals surface area (Å²) in [4.78, 5) is 40.3. The third-order valence-corrected chi connectivity index (χ3v) is 6.18. The maximum Gasteiger partial charge on any atom is 0.495 e. The summed E-state index contributed by atoms with van der Waals surface area (Å²) < 4.78 is 28.5. The quantitative estimate of drug-likeness (QED) is 0.317. The molecule has 37 heavy (non-hydrogen) atoms. The lowest BCUT2D eigenvalue weighted by Crippen LogP contribution is -2.53. The molecule has 0 unspecified atom stereocenters. The van der Waals surface area contributed by atoms with Crippen molar-refractivity contribution in [2.75, 3.05) is 7.11 Å². The average molecular weight is 519 g/mol. The molecule has 10 heteroatoms. The molecule has 0 aliphatic carbocycles. The van der Waals surface area contributed by atoms with E-state index in [0.717, 1.165) is 5.56 Å². The van der Waals surface area contributed by atoms with Crippen LogP contribution in [-0.2, 0) is 34.7 Å². The standard InChI is InChI=1S/C27H42BNO8/c1-17-13-14-19(28-36-26(8,9)27(10,11)37-28)18(15-17)16-20(21(30)33-12)29(22(31)34-24(2,3)4)23(32)35-25(5,6)7/h13-15,20H,16H2,1-12H3/t20-/m0/s1. The van der Waals surface area contributed by atoms with Crippen molar-refractivity contribution in [3.8, 4) is 0 Å². The van der Waals surface area contributed by atoms with Crippen LogP contribution in [0.5, 0.6) is 0 Å². The Balaban J connectivity index is 2.58. The fourth-order valence-corrected chi connectivity index (χ4v) is 3.69. The molecular formula is C27H42BNO8. The fourth-order valence-electron chi connectivity index (χ4n) is 3.69. The van der Waals surface area contributed by atoms with E-state index in [-0.39, 0.29) is 6.42 Å². The van der Waals surface area contributed by atoms with Crippen molar-refractivity contribution in [1.82, 2.24) is 4.90 Å². The summed E-state index contributed by atoms with van der Waals surface area (Å²) in [5.41, 5.74) is -0.747. The number of aryl methyl sites for hydroxylation is 1. The zero-order valence-corrected chi connectivity index (χ0v) is 24.3. The minimum atomic E-state index is -1.36. The van der Waals surface area contributed by atoms with Crippen molar-refractivity contribution in [3.63, 3.8) is 0 Å². The van der Waals surface area contributed by atoms with Crippen molar-refractivity contribution in [1.29, 1.82) is 0 Å². The molecule has 1 heterocycles. The summed E-state index contributed by atoms with van der Waals surface area (Å²) in [6.45, 7) is 19.7. The first kappa shape index (κ1) is 30.6. The predicted molar refractivity (Wildman–Crippen MR) is 141 cm³/mol. The average Bonchev–Trinajstić information content (AvgIpc) is 2.91. The van der Waals surface area contributed by atoms with Gasteiger partial charge in [0, 0.05) is 6.42 Å². The van der Waals surface area contributed by atoms with Gasteiger partial charge < -0.3 is 23.5 Å². The highest BCUT2D eigenvalue weighted by molar-refractivity contribution is 6.62. The molecule has 9 nitrogen and oxygen atoms in total. The van der Waals surface area contributed by atoms with Crippen LogP contribution in [0.15, 0.2) is 18.2 Å². The molecule has 2 rings (SSSR count). The number of nitrogens with zero attached hydrogens (tertiary/aromatic N) is 1. The summed E-state index contributed by atoms with van der Waals surface area (Å²) in [6.07, 6.45) is -2.09. The minimum absolute atomic E-state index is 0.0632. The lowest BCUT2D eigenvalue weighted by Gasteiger charge is -2.32. The van der Waals surface area contributed by atoms with Crippen molar-refractivity contribution in [3.05, 3.63) is 29.3 Å². The molecule has 2 amide bonds. The molecule has 1 saturated heterocycles. The van der Waals surface area contributed by atoms with E-state index in [9.17, 15) is 14.4 Å². The van der Waals surface area contributed by atoms with Gasteiger partial charge in [-0.3, -0.25) is 0 Å². The van der Waals surface area contributed by atoms with Crippen LogP contribution < -0.4 is 5.46 Å². The van der Waals surface area contributed by atoms with Gasteiger partial charge in [-0.25, -0.2) is 14.4 Å². The summed E-state index contributed by atoms with van der Waals surface area (Å²) in [6, 6.07) is 4.29. The zero-order chi connectivity index (χ0) is 28.6. The smallest absolute Gasteiger partial charge is 0.467 e. The lowest BCUT2D eigenvalue weighted by atomic mass is 9.74. The SMILES string of the molecule is COC(=O)[C@H](Cc1cc(C)ccc1B1OC(C)(C)C(C)(C)O1)N(C(=O)OC(C)(C)C)C(=O)OC(C)(C)C. The van der Waals surface area contributed by atoms with E-state index in [0.29, 0.717) is 15.9 Å². The number of hydrogen-bond acceptors (Lipinski definition) is 8. The van der Waals surface area contributed by atoms with E-state index in [1.165, 1.54) is 7.11 Å². The maximum absolute atomic E-state index is 13.3. The van der Waals surface area contributed by atoms with Crippen LogP contribution in [0.4, 0.5) is 9.59 Å². The molecule has 0 N–H and O–H groups in total.